The molecule has 2 rings (SSSR count). The van der Waals surface area contributed by atoms with Gasteiger partial charge in [0.05, 0.1) is 12.7 Å². The van der Waals surface area contributed by atoms with Gasteiger partial charge in [0.2, 0.25) is 0 Å². The third-order valence-electron chi connectivity index (χ3n) is 4.25. The van der Waals surface area contributed by atoms with E-state index in [1.807, 2.05) is 25.1 Å². The molecule has 0 saturated carbocycles. The fourth-order valence-electron chi connectivity index (χ4n) is 2.85. The number of aryl methyl sites for hydroxylation is 1. The molecule has 0 fully saturated rings. The molecular weight excluding hydrogens is 352 g/mol. The van der Waals surface area contributed by atoms with Gasteiger partial charge in [0, 0.05) is 12.1 Å². The number of esters is 1. The Kier molecular flexibility index (Phi) is 7.06. The third kappa shape index (κ3) is 4.77. The molecule has 0 unspecified atom stereocenters. The molecule has 0 aliphatic carbocycles. The number of hydrogen-bond donors (Lipinski definition) is 0. The minimum Gasteiger partial charge on any atom is -0.467 e. The fourth-order valence-corrected chi connectivity index (χ4v) is 3.18. The summed E-state index contributed by atoms with van der Waals surface area (Å²) in [5, 5.41) is 0.566. The average Bonchev–Trinajstić information content (AvgIpc) is 2.62. The second-order valence-corrected chi connectivity index (χ2v) is 6.91. The Morgan fingerprint density at radius 1 is 1.15 bits per heavy atom. The van der Waals surface area contributed by atoms with Gasteiger partial charge < -0.3 is 14.2 Å². The predicted octanol–water partition coefficient (Wildman–Crippen LogP) is 5.13. The van der Waals surface area contributed by atoms with Crippen LogP contribution in [-0.4, -0.2) is 27.0 Å². The zero-order chi connectivity index (χ0) is 19.3. The van der Waals surface area contributed by atoms with E-state index in [4.69, 9.17) is 25.8 Å². The normalized spacial score (nSPS) is 10.9. The van der Waals surface area contributed by atoms with Crippen LogP contribution in [0.4, 0.5) is 0 Å². The Morgan fingerprint density at radius 2 is 1.88 bits per heavy atom. The van der Waals surface area contributed by atoms with Gasteiger partial charge in [0.15, 0.2) is 6.79 Å². The van der Waals surface area contributed by atoms with E-state index in [9.17, 15) is 4.79 Å². The summed E-state index contributed by atoms with van der Waals surface area (Å²) in [6.07, 6.45) is 0.677. The Bertz CT molecular complexity index is 761. The van der Waals surface area contributed by atoms with Crippen LogP contribution in [0.1, 0.15) is 52.4 Å². The van der Waals surface area contributed by atoms with Crippen LogP contribution in [0.3, 0.4) is 0 Å². The lowest BCUT2D eigenvalue weighted by Crippen LogP contribution is -2.05. The second-order valence-electron chi connectivity index (χ2n) is 6.50. The molecule has 5 heteroatoms. The highest BCUT2D eigenvalue weighted by Crippen LogP contribution is 2.31. The Labute approximate surface area is 160 Å². The Morgan fingerprint density at radius 3 is 2.46 bits per heavy atom. The van der Waals surface area contributed by atoms with Crippen LogP contribution in [0.2, 0.25) is 5.02 Å². The van der Waals surface area contributed by atoms with Crippen molar-refractivity contribution in [3.8, 4) is 5.75 Å². The molecule has 26 heavy (non-hydrogen) atoms. The number of ether oxygens (including phenoxy) is 3. The number of carbonyl (C=O) groups is 1. The summed E-state index contributed by atoms with van der Waals surface area (Å²) < 4.78 is 15.4. The predicted molar refractivity (Wildman–Crippen MR) is 103 cm³/mol. The highest BCUT2D eigenvalue weighted by Gasteiger charge is 2.14. The van der Waals surface area contributed by atoms with Crippen LogP contribution < -0.4 is 4.74 Å². The summed E-state index contributed by atoms with van der Waals surface area (Å²) in [6, 6.07) is 9.61. The number of rotatable bonds is 7. The quantitative estimate of drug-likeness (QED) is 0.496. The maximum absolute atomic E-state index is 11.7. The van der Waals surface area contributed by atoms with Crippen LogP contribution in [0.5, 0.6) is 5.75 Å². The van der Waals surface area contributed by atoms with Crippen LogP contribution in [0, 0.1) is 6.92 Å². The molecule has 2 aromatic rings. The maximum Gasteiger partial charge on any atom is 0.337 e. The number of hydrogen-bond acceptors (Lipinski definition) is 4. The lowest BCUT2D eigenvalue weighted by Gasteiger charge is -2.16. The van der Waals surface area contributed by atoms with Crippen molar-refractivity contribution >= 4 is 17.6 Å². The molecule has 0 aromatic heterocycles. The van der Waals surface area contributed by atoms with Crippen LogP contribution in [0.25, 0.3) is 0 Å². The molecule has 0 aliphatic heterocycles. The van der Waals surface area contributed by atoms with E-state index in [0.717, 1.165) is 28.0 Å². The summed E-state index contributed by atoms with van der Waals surface area (Å²) in [4.78, 5) is 11.7. The van der Waals surface area contributed by atoms with Crippen molar-refractivity contribution < 1.29 is 19.0 Å². The molecule has 0 bridgehead atoms. The number of methoxy groups -OCH3 is 2. The van der Waals surface area contributed by atoms with Crippen molar-refractivity contribution in [3.05, 3.63) is 63.2 Å². The van der Waals surface area contributed by atoms with E-state index >= 15 is 0 Å². The molecule has 0 saturated heterocycles. The minimum atomic E-state index is -0.386. The van der Waals surface area contributed by atoms with Gasteiger partial charge in [0.1, 0.15) is 5.75 Å². The van der Waals surface area contributed by atoms with Gasteiger partial charge in [-0.15, -0.1) is 0 Å². The van der Waals surface area contributed by atoms with Gasteiger partial charge in [-0.25, -0.2) is 4.79 Å². The molecule has 0 heterocycles. The average molecular weight is 377 g/mol. The molecule has 0 amide bonds. The van der Waals surface area contributed by atoms with Gasteiger partial charge in [-0.05, 0) is 59.7 Å². The first-order valence-electron chi connectivity index (χ1n) is 8.49. The van der Waals surface area contributed by atoms with Crippen molar-refractivity contribution in [1.29, 1.82) is 0 Å². The van der Waals surface area contributed by atoms with Crippen molar-refractivity contribution in [1.82, 2.24) is 0 Å². The first-order chi connectivity index (χ1) is 12.4. The highest BCUT2D eigenvalue weighted by atomic mass is 35.5. The van der Waals surface area contributed by atoms with Crippen molar-refractivity contribution in [2.45, 2.75) is 33.1 Å². The summed E-state index contributed by atoms with van der Waals surface area (Å²) in [5.74, 6) is 0.762. The van der Waals surface area contributed by atoms with Crippen LogP contribution >= 0.6 is 11.6 Å². The summed E-state index contributed by atoms with van der Waals surface area (Å²) in [7, 11) is 2.96. The maximum atomic E-state index is 11.7. The van der Waals surface area contributed by atoms with Crippen LogP contribution in [0.15, 0.2) is 30.3 Å². The summed E-state index contributed by atoms with van der Waals surface area (Å²) in [6.45, 7) is 6.43. The van der Waals surface area contributed by atoms with E-state index in [0.29, 0.717) is 22.9 Å². The zero-order valence-corrected chi connectivity index (χ0v) is 16.6. The van der Waals surface area contributed by atoms with E-state index < -0.39 is 0 Å². The topological polar surface area (TPSA) is 44.8 Å². The largest absolute Gasteiger partial charge is 0.467 e. The van der Waals surface area contributed by atoms with Crippen molar-refractivity contribution in [3.63, 3.8) is 0 Å². The number of benzene rings is 2. The van der Waals surface area contributed by atoms with Crippen molar-refractivity contribution in [2.75, 3.05) is 21.0 Å². The van der Waals surface area contributed by atoms with Gasteiger partial charge in [-0.3, -0.25) is 0 Å². The number of halogens is 1. The Hall–Kier alpha value is -2.04. The highest BCUT2D eigenvalue weighted by molar-refractivity contribution is 6.31. The molecule has 0 radical (unpaired) electrons. The molecule has 2 aromatic carbocycles. The van der Waals surface area contributed by atoms with E-state index in [2.05, 4.69) is 19.9 Å². The fraction of sp³-hybridized carbons (Fsp3) is 0.381. The van der Waals surface area contributed by atoms with E-state index in [-0.39, 0.29) is 12.8 Å². The molecule has 0 spiro atoms. The van der Waals surface area contributed by atoms with Gasteiger partial charge >= 0.3 is 5.97 Å². The lowest BCUT2D eigenvalue weighted by molar-refractivity contribution is 0.0502. The number of carbonyl (C=O) groups excluding carboxylic acids is 1. The first kappa shape index (κ1) is 20.3. The molecular formula is C21H25ClO4. The third-order valence-corrected chi connectivity index (χ3v) is 4.59. The van der Waals surface area contributed by atoms with E-state index in [1.165, 1.54) is 7.11 Å². The van der Waals surface area contributed by atoms with Gasteiger partial charge in [-0.1, -0.05) is 37.6 Å². The second kappa shape index (κ2) is 9.06. The van der Waals surface area contributed by atoms with Crippen LogP contribution in [-0.2, 0) is 15.9 Å². The lowest BCUT2D eigenvalue weighted by atomic mass is 9.94. The van der Waals surface area contributed by atoms with Gasteiger partial charge in [-0.2, -0.15) is 0 Å². The first-order valence-corrected chi connectivity index (χ1v) is 8.87. The monoisotopic (exact) mass is 376 g/mol. The molecule has 0 atom stereocenters. The minimum absolute atomic E-state index is 0.221. The summed E-state index contributed by atoms with van der Waals surface area (Å²) >= 11 is 6.44. The van der Waals surface area contributed by atoms with E-state index in [1.54, 1.807) is 13.2 Å². The smallest absolute Gasteiger partial charge is 0.337 e. The molecule has 140 valence electrons. The SMILES string of the molecule is COCOc1ccc(Cc2c(C)cc(C(=O)OC)cc2Cl)cc1C(C)C. The van der Waals surface area contributed by atoms with Crippen molar-refractivity contribution in [2.24, 2.45) is 0 Å². The van der Waals surface area contributed by atoms with Gasteiger partial charge in [0.25, 0.3) is 0 Å². The standard InChI is InChI=1S/C21H25ClO4/c1-13(2)17-9-15(6-7-20(17)26-12-24-4)10-18-14(3)8-16(11-19(18)22)21(23)25-5/h6-9,11,13H,10,12H2,1-5H3. The summed E-state index contributed by atoms with van der Waals surface area (Å²) in [5.41, 5.74) is 4.68. The zero-order valence-electron chi connectivity index (χ0n) is 15.9. The molecule has 0 N–H and O–H groups in total. The Balaban J connectivity index is 2.33. The molecule has 0 aliphatic rings. The molecule has 4 nitrogen and oxygen atoms in total.